The Morgan fingerprint density at radius 2 is 1.87 bits per heavy atom. The van der Waals surface area contributed by atoms with Crippen LogP contribution in [0.25, 0.3) is 0 Å². The van der Waals surface area contributed by atoms with Gasteiger partial charge in [-0.15, -0.1) is 11.8 Å². The lowest BCUT2D eigenvalue weighted by Crippen LogP contribution is -2.40. The fraction of sp³-hybridized carbons (Fsp3) is 0.350. The smallest absolute Gasteiger partial charge is 0.243 e. The highest BCUT2D eigenvalue weighted by Crippen LogP contribution is 2.28. The van der Waals surface area contributed by atoms with Gasteiger partial charge >= 0.3 is 0 Å². The average Bonchev–Trinajstić information content (AvgIpc) is 2.72. The van der Waals surface area contributed by atoms with Crippen LogP contribution >= 0.6 is 11.8 Å². The number of carbonyl (C=O) groups is 1. The standard InChI is InChI=1S/C20H22F2N2O4S2/c1-13-3-5-16(12-19(13)30(26,27)24-7-9-28-10-8-24)23-20(25)14(2)29-18-6-4-15(21)11-17(18)22/h3-6,11-12,14H,7-10H2,1-2H3,(H,23,25). The number of carbonyl (C=O) groups excluding carboxylic acids is 1. The summed E-state index contributed by atoms with van der Waals surface area (Å²) >= 11 is 0.948. The van der Waals surface area contributed by atoms with E-state index < -0.39 is 32.8 Å². The van der Waals surface area contributed by atoms with Crippen LogP contribution in [0.2, 0.25) is 0 Å². The van der Waals surface area contributed by atoms with Gasteiger partial charge in [0.2, 0.25) is 15.9 Å². The molecule has 1 fully saturated rings. The van der Waals surface area contributed by atoms with E-state index in [9.17, 15) is 22.0 Å². The fourth-order valence-electron chi connectivity index (χ4n) is 2.94. The third-order valence-electron chi connectivity index (χ3n) is 4.61. The first-order chi connectivity index (χ1) is 14.2. The summed E-state index contributed by atoms with van der Waals surface area (Å²) in [5.41, 5.74) is 0.889. The molecule has 1 aliphatic rings. The van der Waals surface area contributed by atoms with E-state index in [1.807, 2.05) is 0 Å². The van der Waals surface area contributed by atoms with Gasteiger partial charge in [0.1, 0.15) is 11.6 Å². The molecule has 1 atom stereocenters. The van der Waals surface area contributed by atoms with Crippen LogP contribution in [0.15, 0.2) is 46.2 Å². The summed E-state index contributed by atoms with van der Waals surface area (Å²) in [4.78, 5) is 12.8. The molecule has 1 amide bonds. The van der Waals surface area contributed by atoms with E-state index in [2.05, 4.69) is 5.32 Å². The number of ether oxygens (including phenoxy) is 1. The van der Waals surface area contributed by atoms with Gasteiger partial charge in [0.25, 0.3) is 0 Å². The van der Waals surface area contributed by atoms with Crippen molar-refractivity contribution in [1.82, 2.24) is 4.31 Å². The molecule has 0 saturated carbocycles. The molecule has 0 aromatic heterocycles. The van der Waals surface area contributed by atoms with Crippen LogP contribution in [0.4, 0.5) is 14.5 Å². The first kappa shape index (κ1) is 22.7. The van der Waals surface area contributed by atoms with Gasteiger partial charge in [-0.1, -0.05) is 6.07 Å². The van der Waals surface area contributed by atoms with Gasteiger partial charge in [0.05, 0.1) is 23.4 Å². The van der Waals surface area contributed by atoms with Crippen molar-refractivity contribution in [3.8, 4) is 0 Å². The van der Waals surface area contributed by atoms with Crippen molar-refractivity contribution in [2.45, 2.75) is 28.9 Å². The Hall–Kier alpha value is -2.01. The van der Waals surface area contributed by atoms with Gasteiger partial charge in [-0.2, -0.15) is 4.31 Å². The molecule has 1 N–H and O–H groups in total. The number of aryl methyl sites for hydroxylation is 1. The van der Waals surface area contributed by atoms with Crippen molar-refractivity contribution in [3.63, 3.8) is 0 Å². The number of halogens is 2. The van der Waals surface area contributed by atoms with Gasteiger partial charge in [0.15, 0.2) is 0 Å². The summed E-state index contributed by atoms with van der Waals surface area (Å²) in [6.45, 7) is 4.49. The van der Waals surface area contributed by atoms with E-state index in [1.165, 1.54) is 16.4 Å². The number of amides is 1. The van der Waals surface area contributed by atoms with Crippen LogP contribution in [0.1, 0.15) is 12.5 Å². The number of nitrogens with zero attached hydrogens (tertiary/aromatic N) is 1. The highest BCUT2D eigenvalue weighted by atomic mass is 32.2. The minimum atomic E-state index is -3.72. The van der Waals surface area contributed by atoms with Crippen LogP contribution in [-0.2, 0) is 19.6 Å². The van der Waals surface area contributed by atoms with E-state index in [0.717, 1.165) is 23.9 Å². The number of sulfonamides is 1. The number of rotatable bonds is 6. The summed E-state index contributed by atoms with van der Waals surface area (Å²) in [6, 6.07) is 7.82. The second-order valence-corrected chi connectivity index (χ2v) is 10.1. The zero-order valence-corrected chi connectivity index (χ0v) is 18.2. The molecule has 2 aromatic rings. The van der Waals surface area contributed by atoms with Crippen LogP contribution in [0.3, 0.4) is 0 Å². The van der Waals surface area contributed by atoms with Crippen LogP contribution in [-0.4, -0.2) is 50.2 Å². The Morgan fingerprint density at radius 1 is 1.17 bits per heavy atom. The number of hydrogen-bond acceptors (Lipinski definition) is 5. The zero-order valence-electron chi connectivity index (χ0n) is 16.5. The predicted molar refractivity (Wildman–Crippen MR) is 111 cm³/mol. The highest BCUT2D eigenvalue weighted by molar-refractivity contribution is 8.00. The van der Waals surface area contributed by atoms with E-state index >= 15 is 0 Å². The van der Waals surface area contributed by atoms with E-state index in [-0.39, 0.29) is 22.9 Å². The SMILES string of the molecule is Cc1ccc(NC(=O)C(C)Sc2ccc(F)cc2F)cc1S(=O)(=O)N1CCOCC1. The lowest BCUT2D eigenvalue weighted by molar-refractivity contribution is -0.115. The zero-order chi connectivity index (χ0) is 21.9. The van der Waals surface area contributed by atoms with Crippen molar-refractivity contribution in [2.24, 2.45) is 0 Å². The number of benzene rings is 2. The summed E-state index contributed by atoms with van der Waals surface area (Å²) < 4.78 is 59.4. The molecule has 0 radical (unpaired) electrons. The third-order valence-corrected chi connectivity index (χ3v) is 7.80. The normalized spacial score (nSPS) is 16.3. The molecule has 0 aliphatic carbocycles. The monoisotopic (exact) mass is 456 g/mol. The Labute approximate surface area is 178 Å². The van der Waals surface area contributed by atoms with Crippen LogP contribution in [0.5, 0.6) is 0 Å². The number of thioether (sulfide) groups is 1. The first-order valence-electron chi connectivity index (χ1n) is 9.29. The molecule has 1 aliphatic heterocycles. The average molecular weight is 457 g/mol. The van der Waals surface area contributed by atoms with Gasteiger partial charge in [-0.3, -0.25) is 4.79 Å². The van der Waals surface area contributed by atoms with E-state index in [1.54, 1.807) is 26.0 Å². The number of anilines is 1. The molecule has 30 heavy (non-hydrogen) atoms. The predicted octanol–water partition coefficient (Wildman–Crippen LogP) is 3.41. The highest BCUT2D eigenvalue weighted by Gasteiger charge is 2.28. The molecule has 10 heteroatoms. The summed E-state index contributed by atoms with van der Waals surface area (Å²) in [6.07, 6.45) is 0. The van der Waals surface area contributed by atoms with Gasteiger partial charge in [-0.05, 0) is 43.7 Å². The topological polar surface area (TPSA) is 75.7 Å². The fourth-order valence-corrected chi connectivity index (χ4v) is 5.46. The maximum absolute atomic E-state index is 13.8. The number of morpholine rings is 1. The Bertz CT molecular complexity index is 1040. The van der Waals surface area contributed by atoms with E-state index in [4.69, 9.17) is 4.74 Å². The molecule has 2 aromatic carbocycles. The molecule has 0 spiro atoms. The minimum Gasteiger partial charge on any atom is -0.379 e. The Kier molecular flexibility index (Phi) is 7.12. The minimum absolute atomic E-state index is 0.118. The van der Waals surface area contributed by atoms with Crippen molar-refractivity contribution >= 4 is 33.4 Å². The second-order valence-electron chi connectivity index (χ2n) is 6.82. The molecule has 1 heterocycles. The Balaban J connectivity index is 1.75. The molecule has 3 rings (SSSR count). The summed E-state index contributed by atoms with van der Waals surface area (Å²) in [5.74, 6) is -1.86. The van der Waals surface area contributed by atoms with Gasteiger partial charge < -0.3 is 10.1 Å². The van der Waals surface area contributed by atoms with Crippen LogP contribution < -0.4 is 5.32 Å². The van der Waals surface area contributed by atoms with Crippen molar-refractivity contribution in [2.75, 3.05) is 31.6 Å². The lowest BCUT2D eigenvalue weighted by atomic mass is 10.2. The van der Waals surface area contributed by atoms with Crippen LogP contribution in [0, 0.1) is 18.6 Å². The maximum atomic E-state index is 13.8. The summed E-state index contributed by atoms with van der Waals surface area (Å²) in [7, 11) is -3.72. The van der Waals surface area contributed by atoms with Crippen molar-refractivity contribution in [1.29, 1.82) is 0 Å². The first-order valence-corrected chi connectivity index (χ1v) is 11.6. The Morgan fingerprint density at radius 3 is 2.53 bits per heavy atom. The maximum Gasteiger partial charge on any atom is 0.243 e. The molecule has 162 valence electrons. The molecule has 6 nitrogen and oxygen atoms in total. The second kappa shape index (κ2) is 9.42. The largest absolute Gasteiger partial charge is 0.379 e. The van der Waals surface area contributed by atoms with Gasteiger partial charge in [0, 0.05) is 29.7 Å². The molecule has 1 saturated heterocycles. The molecule has 1 unspecified atom stereocenters. The number of hydrogen-bond donors (Lipinski definition) is 1. The van der Waals surface area contributed by atoms with Gasteiger partial charge in [-0.25, -0.2) is 17.2 Å². The molecular weight excluding hydrogens is 434 g/mol. The molecular formula is C20H22F2N2O4S2. The third kappa shape index (κ3) is 5.18. The van der Waals surface area contributed by atoms with Crippen molar-refractivity contribution < 1.29 is 26.7 Å². The summed E-state index contributed by atoms with van der Waals surface area (Å²) in [5, 5.41) is 1.98. The lowest BCUT2D eigenvalue weighted by Gasteiger charge is -2.27. The van der Waals surface area contributed by atoms with Crippen molar-refractivity contribution in [3.05, 3.63) is 53.6 Å². The molecule has 0 bridgehead atoms. The van der Waals surface area contributed by atoms with E-state index in [0.29, 0.717) is 24.5 Å². The quantitative estimate of drug-likeness (QED) is 0.675. The number of nitrogens with one attached hydrogen (secondary N) is 1.